The van der Waals surface area contributed by atoms with Crippen molar-refractivity contribution in [1.29, 1.82) is 0 Å². The molecule has 6 heteroatoms. The second-order valence-corrected chi connectivity index (χ2v) is 6.72. The lowest BCUT2D eigenvalue weighted by Crippen LogP contribution is -2.49. The van der Waals surface area contributed by atoms with Crippen LogP contribution in [0.4, 0.5) is 0 Å². The van der Waals surface area contributed by atoms with E-state index in [2.05, 4.69) is 5.32 Å². The summed E-state index contributed by atoms with van der Waals surface area (Å²) in [4.78, 5) is 14.0. The monoisotopic (exact) mass is 312 g/mol. The van der Waals surface area contributed by atoms with Gasteiger partial charge in [-0.1, -0.05) is 0 Å². The van der Waals surface area contributed by atoms with Gasteiger partial charge in [0.05, 0.1) is 11.9 Å². The highest BCUT2D eigenvalue weighted by molar-refractivity contribution is 7.98. The molecule has 1 amide bonds. The topological polar surface area (TPSA) is 65.7 Å². The van der Waals surface area contributed by atoms with E-state index in [1.165, 1.54) is 6.26 Å². The molecular weight excluding hydrogens is 288 g/mol. The molecule has 0 bridgehead atoms. The predicted octanol–water partition coefficient (Wildman–Crippen LogP) is 1.59. The first-order valence-corrected chi connectivity index (χ1v) is 8.69. The number of hydrogen-bond donors (Lipinski definition) is 2. The Balaban J connectivity index is 1.75. The van der Waals surface area contributed by atoms with Gasteiger partial charge in [0, 0.05) is 31.4 Å². The van der Waals surface area contributed by atoms with Gasteiger partial charge in [-0.3, -0.25) is 4.79 Å². The fourth-order valence-electron chi connectivity index (χ4n) is 2.57. The first kappa shape index (κ1) is 16.4. The fourth-order valence-corrected chi connectivity index (χ4v) is 3.29. The molecule has 0 aromatic carbocycles. The SMILES string of the molecule is CSCC(C)(O)CNC1CCN(C(=O)c2ccco2)CC1. The van der Waals surface area contributed by atoms with Crippen molar-refractivity contribution in [2.45, 2.75) is 31.4 Å². The summed E-state index contributed by atoms with van der Waals surface area (Å²) in [6.45, 7) is 3.89. The Morgan fingerprint density at radius 2 is 2.29 bits per heavy atom. The summed E-state index contributed by atoms with van der Waals surface area (Å²) in [5.41, 5.74) is -0.680. The minimum Gasteiger partial charge on any atom is -0.459 e. The highest BCUT2D eigenvalue weighted by Gasteiger charge is 2.27. The number of amides is 1. The smallest absolute Gasteiger partial charge is 0.289 e. The third-order valence-electron chi connectivity index (χ3n) is 3.74. The van der Waals surface area contributed by atoms with Gasteiger partial charge in [-0.15, -0.1) is 0 Å². The lowest BCUT2D eigenvalue weighted by molar-refractivity contribution is 0.0620. The predicted molar refractivity (Wildman–Crippen MR) is 84.6 cm³/mol. The lowest BCUT2D eigenvalue weighted by atomic mass is 10.0. The second-order valence-electron chi connectivity index (χ2n) is 5.85. The Kier molecular flexibility index (Phi) is 5.72. The van der Waals surface area contributed by atoms with Gasteiger partial charge >= 0.3 is 0 Å². The van der Waals surface area contributed by atoms with Gasteiger partial charge in [0.1, 0.15) is 0 Å². The molecule has 5 nitrogen and oxygen atoms in total. The molecule has 0 aliphatic carbocycles. The van der Waals surface area contributed by atoms with Crippen LogP contribution >= 0.6 is 11.8 Å². The van der Waals surface area contributed by atoms with Crippen molar-refractivity contribution in [3.63, 3.8) is 0 Å². The van der Waals surface area contributed by atoms with E-state index < -0.39 is 5.60 Å². The van der Waals surface area contributed by atoms with E-state index in [4.69, 9.17) is 4.42 Å². The van der Waals surface area contributed by atoms with Crippen molar-refractivity contribution in [2.75, 3.05) is 31.6 Å². The quantitative estimate of drug-likeness (QED) is 0.835. The standard InChI is InChI=1S/C15H24N2O3S/c1-15(19,11-21-2)10-16-12-5-7-17(8-6-12)14(18)13-4-3-9-20-13/h3-4,9,12,16,19H,5-8,10-11H2,1-2H3. The molecule has 1 unspecified atom stereocenters. The molecule has 1 aliphatic rings. The normalized spacial score (nSPS) is 19.5. The molecule has 1 fully saturated rings. The number of piperidine rings is 1. The summed E-state index contributed by atoms with van der Waals surface area (Å²) in [6, 6.07) is 3.79. The number of furan rings is 1. The van der Waals surface area contributed by atoms with Crippen molar-refractivity contribution in [3.8, 4) is 0 Å². The number of aliphatic hydroxyl groups is 1. The summed E-state index contributed by atoms with van der Waals surface area (Å²) in [5, 5.41) is 13.6. The number of hydrogen-bond acceptors (Lipinski definition) is 5. The van der Waals surface area contributed by atoms with Crippen molar-refractivity contribution in [1.82, 2.24) is 10.2 Å². The van der Waals surface area contributed by atoms with Gasteiger partial charge in [0.25, 0.3) is 5.91 Å². The van der Waals surface area contributed by atoms with Crippen molar-refractivity contribution in [3.05, 3.63) is 24.2 Å². The first-order chi connectivity index (χ1) is 10.0. The highest BCUT2D eigenvalue weighted by atomic mass is 32.2. The molecule has 1 atom stereocenters. The van der Waals surface area contributed by atoms with Gasteiger partial charge in [0.15, 0.2) is 5.76 Å². The van der Waals surface area contributed by atoms with Gasteiger partial charge in [-0.2, -0.15) is 11.8 Å². The Morgan fingerprint density at radius 1 is 1.57 bits per heavy atom. The third-order valence-corrected chi connectivity index (χ3v) is 4.65. The molecule has 1 aromatic heterocycles. The lowest BCUT2D eigenvalue weighted by Gasteiger charge is -2.34. The molecular formula is C15H24N2O3S. The van der Waals surface area contributed by atoms with Crippen LogP contribution in [-0.4, -0.2) is 59.2 Å². The maximum absolute atomic E-state index is 12.1. The van der Waals surface area contributed by atoms with Crippen LogP contribution in [0.25, 0.3) is 0 Å². The number of thioether (sulfide) groups is 1. The zero-order valence-electron chi connectivity index (χ0n) is 12.7. The minimum absolute atomic E-state index is 0.0344. The summed E-state index contributed by atoms with van der Waals surface area (Å²) >= 11 is 1.64. The summed E-state index contributed by atoms with van der Waals surface area (Å²) in [7, 11) is 0. The van der Waals surface area contributed by atoms with Crippen molar-refractivity contribution < 1.29 is 14.3 Å². The second kappa shape index (κ2) is 7.33. The average molecular weight is 312 g/mol. The summed E-state index contributed by atoms with van der Waals surface area (Å²) in [6.07, 6.45) is 5.33. The largest absolute Gasteiger partial charge is 0.459 e. The van der Waals surface area contributed by atoms with Crippen molar-refractivity contribution in [2.24, 2.45) is 0 Å². The van der Waals surface area contributed by atoms with Gasteiger partial charge in [-0.25, -0.2) is 0 Å². The third kappa shape index (κ3) is 4.76. The van der Waals surface area contributed by atoms with Gasteiger partial charge in [-0.05, 0) is 38.2 Å². The average Bonchev–Trinajstić information content (AvgIpc) is 2.99. The van der Waals surface area contributed by atoms with E-state index >= 15 is 0 Å². The van der Waals surface area contributed by atoms with Crippen LogP contribution in [0.5, 0.6) is 0 Å². The Hall–Kier alpha value is -0.980. The Morgan fingerprint density at radius 3 is 2.86 bits per heavy atom. The number of nitrogens with one attached hydrogen (secondary N) is 1. The molecule has 2 N–H and O–H groups in total. The molecule has 0 radical (unpaired) electrons. The molecule has 1 aliphatic heterocycles. The maximum atomic E-state index is 12.1. The molecule has 118 valence electrons. The Labute approximate surface area is 130 Å². The zero-order valence-corrected chi connectivity index (χ0v) is 13.5. The molecule has 2 heterocycles. The number of likely N-dealkylation sites (tertiary alicyclic amines) is 1. The molecule has 1 saturated heterocycles. The molecule has 2 rings (SSSR count). The van der Waals surface area contributed by atoms with Crippen molar-refractivity contribution >= 4 is 17.7 Å². The van der Waals surface area contributed by atoms with E-state index in [1.807, 2.05) is 18.1 Å². The Bertz CT molecular complexity index is 440. The number of nitrogens with zero attached hydrogens (tertiary/aromatic N) is 1. The van der Waals surface area contributed by atoms with Gasteiger partial charge in [0.2, 0.25) is 0 Å². The minimum atomic E-state index is -0.680. The maximum Gasteiger partial charge on any atom is 0.289 e. The molecule has 0 saturated carbocycles. The van der Waals surface area contributed by atoms with Crippen LogP contribution < -0.4 is 5.32 Å². The van der Waals surface area contributed by atoms with Crippen LogP contribution in [0.3, 0.4) is 0 Å². The first-order valence-electron chi connectivity index (χ1n) is 7.29. The van der Waals surface area contributed by atoms with Crippen LogP contribution in [0.1, 0.15) is 30.3 Å². The highest BCUT2D eigenvalue weighted by Crippen LogP contribution is 2.16. The fraction of sp³-hybridized carbons (Fsp3) is 0.667. The van der Waals surface area contributed by atoms with E-state index in [1.54, 1.807) is 23.9 Å². The van der Waals surface area contributed by atoms with Crippen LogP contribution in [0.2, 0.25) is 0 Å². The summed E-state index contributed by atoms with van der Waals surface area (Å²) in [5.74, 6) is 1.09. The van der Waals surface area contributed by atoms with Crippen LogP contribution in [0.15, 0.2) is 22.8 Å². The molecule has 1 aromatic rings. The van der Waals surface area contributed by atoms with Gasteiger partial charge < -0.3 is 19.7 Å². The number of carbonyl (C=O) groups is 1. The zero-order chi connectivity index (χ0) is 15.3. The van der Waals surface area contributed by atoms with Crippen LogP contribution in [0, 0.1) is 0 Å². The van der Waals surface area contributed by atoms with E-state index in [9.17, 15) is 9.90 Å². The van der Waals surface area contributed by atoms with E-state index in [0.717, 1.165) is 31.7 Å². The summed E-state index contributed by atoms with van der Waals surface area (Å²) < 4.78 is 5.15. The van der Waals surface area contributed by atoms with E-state index in [-0.39, 0.29) is 5.91 Å². The van der Waals surface area contributed by atoms with E-state index in [0.29, 0.717) is 18.3 Å². The number of rotatable bonds is 6. The number of carbonyl (C=O) groups excluding carboxylic acids is 1. The molecule has 0 spiro atoms. The molecule has 21 heavy (non-hydrogen) atoms. The van der Waals surface area contributed by atoms with Crippen LogP contribution in [-0.2, 0) is 0 Å².